The molecule has 1 amide bonds. The van der Waals surface area contributed by atoms with Gasteiger partial charge >= 0.3 is 0 Å². The Bertz CT molecular complexity index is 667. The Kier molecular flexibility index (Phi) is 3.97. The number of nitrogens with zero attached hydrogens (tertiary/aromatic N) is 1. The number of halogens is 1. The second-order valence-electron chi connectivity index (χ2n) is 5.37. The van der Waals surface area contributed by atoms with Gasteiger partial charge in [0.2, 0.25) is 0 Å². The van der Waals surface area contributed by atoms with E-state index < -0.39 is 0 Å². The highest BCUT2D eigenvalue weighted by molar-refractivity contribution is 9.10. The first-order chi connectivity index (χ1) is 10.1. The van der Waals surface area contributed by atoms with E-state index in [1.807, 2.05) is 53.4 Å². The molecule has 3 nitrogen and oxygen atoms in total. The summed E-state index contributed by atoms with van der Waals surface area (Å²) in [5.41, 5.74) is 8.47. The lowest BCUT2D eigenvalue weighted by molar-refractivity contribution is 0.0730. The van der Waals surface area contributed by atoms with E-state index in [-0.39, 0.29) is 5.91 Å². The Morgan fingerprint density at radius 2 is 1.95 bits per heavy atom. The molecule has 2 aromatic rings. The number of hydrogen-bond donors (Lipinski definition) is 1. The summed E-state index contributed by atoms with van der Waals surface area (Å²) in [6.45, 7) is 0.572. The van der Waals surface area contributed by atoms with Crippen molar-refractivity contribution in [2.75, 3.05) is 5.73 Å². The van der Waals surface area contributed by atoms with Crippen LogP contribution in [-0.2, 0) is 6.54 Å². The first kappa shape index (κ1) is 14.1. The van der Waals surface area contributed by atoms with Crippen LogP contribution >= 0.6 is 15.9 Å². The van der Waals surface area contributed by atoms with Crippen LogP contribution in [0, 0.1) is 0 Å². The van der Waals surface area contributed by atoms with Crippen molar-refractivity contribution in [2.24, 2.45) is 0 Å². The van der Waals surface area contributed by atoms with Crippen molar-refractivity contribution in [1.82, 2.24) is 4.90 Å². The summed E-state index contributed by atoms with van der Waals surface area (Å²) in [6, 6.07) is 15.6. The Balaban J connectivity index is 1.85. The van der Waals surface area contributed by atoms with Gasteiger partial charge in [-0.2, -0.15) is 0 Å². The Morgan fingerprint density at radius 1 is 1.19 bits per heavy atom. The van der Waals surface area contributed by atoms with Crippen LogP contribution in [0.15, 0.2) is 53.0 Å². The molecule has 3 rings (SSSR count). The average molecular weight is 345 g/mol. The standard InChI is InChI=1S/C17H17BrN2O/c18-14-6-3-5-12(10-14)17(21)20(15-8-9-15)11-13-4-1-2-7-16(13)19/h1-7,10,15H,8-9,11,19H2. The van der Waals surface area contributed by atoms with Crippen molar-refractivity contribution in [1.29, 1.82) is 0 Å². The molecule has 21 heavy (non-hydrogen) atoms. The maximum absolute atomic E-state index is 12.8. The van der Waals surface area contributed by atoms with E-state index in [9.17, 15) is 4.79 Å². The third-order valence-electron chi connectivity index (χ3n) is 3.72. The number of carbonyl (C=O) groups excluding carboxylic acids is 1. The fraction of sp³-hybridized carbons (Fsp3) is 0.235. The van der Waals surface area contributed by atoms with Gasteiger partial charge in [0.25, 0.3) is 5.91 Å². The molecular weight excluding hydrogens is 328 g/mol. The zero-order chi connectivity index (χ0) is 14.8. The minimum atomic E-state index is 0.0713. The number of rotatable bonds is 4. The second-order valence-corrected chi connectivity index (χ2v) is 6.29. The minimum absolute atomic E-state index is 0.0713. The molecule has 0 aromatic heterocycles. The lowest BCUT2D eigenvalue weighted by Gasteiger charge is -2.23. The topological polar surface area (TPSA) is 46.3 Å². The molecular formula is C17H17BrN2O. The summed E-state index contributed by atoms with van der Waals surface area (Å²) in [6.07, 6.45) is 2.15. The number of nitrogens with two attached hydrogens (primary N) is 1. The summed E-state index contributed by atoms with van der Waals surface area (Å²) in [5, 5.41) is 0. The van der Waals surface area contributed by atoms with Gasteiger partial charge in [0.1, 0.15) is 0 Å². The molecule has 4 heteroatoms. The predicted molar refractivity (Wildman–Crippen MR) is 87.9 cm³/mol. The van der Waals surface area contributed by atoms with Crippen molar-refractivity contribution < 1.29 is 4.79 Å². The molecule has 0 unspecified atom stereocenters. The van der Waals surface area contributed by atoms with Gasteiger partial charge in [-0.25, -0.2) is 0 Å². The highest BCUT2D eigenvalue weighted by atomic mass is 79.9. The molecule has 2 aromatic carbocycles. The molecule has 2 N–H and O–H groups in total. The van der Waals surface area contributed by atoms with Crippen molar-refractivity contribution >= 4 is 27.5 Å². The zero-order valence-electron chi connectivity index (χ0n) is 11.6. The monoisotopic (exact) mass is 344 g/mol. The number of benzene rings is 2. The number of carbonyl (C=O) groups is 1. The Morgan fingerprint density at radius 3 is 2.62 bits per heavy atom. The molecule has 0 aliphatic heterocycles. The van der Waals surface area contributed by atoms with E-state index in [0.717, 1.165) is 28.6 Å². The maximum atomic E-state index is 12.8. The lowest BCUT2D eigenvalue weighted by atomic mass is 10.1. The lowest BCUT2D eigenvalue weighted by Crippen LogP contribution is -2.32. The van der Waals surface area contributed by atoms with Gasteiger partial charge in [0.05, 0.1) is 0 Å². The highest BCUT2D eigenvalue weighted by Gasteiger charge is 2.33. The summed E-state index contributed by atoms with van der Waals surface area (Å²) in [7, 11) is 0. The van der Waals surface area contributed by atoms with Gasteiger partial charge in [0.15, 0.2) is 0 Å². The van der Waals surface area contributed by atoms with Crippen LogP contribution < -0.4 is 5.73 Å². The zero-order valence-corrected chi connectivity index (χ0v) is 13.2. The number of amides is 1. The van der Waals surface area contributed by atoms with E-state index in [0.29, 0.717) is 18.2 Å². The molecule has 1 aliphatic carbocycles. The smallest absolute Gasteiger partial charge is 0.254 e. The van der Waals surface area contributed by atoms with Crippen molar-refractivity contribution in [2.45, 2.75) is 25.4 Å². The fourth-order valence-electron chi connectivity index (χ4n) is 2.40. The van der Waals surface area contributed by atoms with E-state index in [4.69, 9.17) is 5.73 Å². The molecule has 1 aliphatic rings. The fourth-order valence-corrected chi connectivity index (χ4v) is 2.80. The van der Waals surface area contributed by atoms with E-state index in [1.165, 1.54) is 0 Å². The van der Waals surface area contributed by atoms with Crippen molar-refractivity contribution in [3.63, 3.8) is 0 Å². The van der Waals surface area contributed by atoms with Crippen LogP contribution in [-0.4, -0.2) is 16.8 Å². The summed E-state index contributed by atoms with van der Waals surface area (Å²) in [4.78, 5) is 14.7. The Labute approximate surface area is 132 Å². The number of anilines is 1. The summed E-state index contributed by atoms with van der Waals surface area (Å²) in [5.74, 6) is 0.0713. The van der Waals surface area contributed by atoms with Crippen LogP contribution in [0.4, 0.5) is 5.69 Å². The van der Waals surface area contributed by atoms with Crippen LogP contribution in [0.3, 0.4) is 0 Å². The molecule has 108 valence electrons. The molecule has 1 fully saturated rings. The Hall–Kier alpha value is -1.81. The van der Waals surface area contributed by atoms with E-state index in [2.05, 4.69) is 15.9 Å². The van der Waals surface area contributed by atoms with Crippen LogP contribution in [0.5, 0.6) is 0 Å². The molecule has 0 radical (unpaired) electrons. The van der Waals surface area contributed by atoms with Gasteiger partial charge in [-0.3, -0.25) is 4.79 Å². The third kappa shape index (κ3) is 3.27. The van der Waals surface area contributed by atoms with Crippen molar-refractivity contribution in [3.05, 3.63) is 64.1 Å². The predicted octanol–water partition coefficient (Wildman–Crippen LogP) is 3.84. The largest absolute Gasteiger partial charge is 0.398 e. The maximum Gasteiger partial charge on any atom is 0.254 e. The molecule has 0 heterocycles. The number of nitrogen functional groups attached to an aromatic ring is 1. The van der Waals surface area contributed by atoms with Crippen LogP contribution in [0.2, 0.25) is 0 Å². The van der Waals surface area contributed by atoms with Gasteiger partial charge in [-0.1, -0.05) is 40.2 Å². The van der Waals surface area contributed by atoms with Gasteiger partial charge in [-0.05, 0) is 42.7 Å². The molecule has 0 spiro atoms. The molecule has 0 atom stereocenters. The van der Waals surface area contributed by atoms with Crippen LogP contribution in [0.25, 0.3) is 0 Å². The summed E-state index contributed by atoms with van der Waals surface area (Å²) >= 11 is 3.42. The number of hydrogen-bond acceptors (Lipinski definition) is 2. The first-order valence-electron chi connectivity index (χ1n) is 7.05. The van der Waals surface area contributed by atoms with E-state index >= 15 is 0 Å². The van der Waals surface area contributed by atoms with Gasteiger partial charge in [-0.15, -0.1) is 0 Å². The van der Waals surface area contributed by atoms with Gasteiger partial charge < -0.3 is 10.6 Å². The third-order valence-corrected chi connectivity index (χ3v) is 4.21. The average Bonchev–Trinajstić information content (AvgIpc) is 3.30. The highest BCUT2D eigenvalue weighted by Crippen LogP contribution is 2.31. The van der Waals surface area contributed by atoms with Crippen molar-refractivity contribution in [3.8, 4) is 0 Å². The molecule has 0 saturated heterocycles. The van der Waals surface area contributed by atoms with Crippen LogP contribution in [0.1, 0.15) is 28.8 Å². The SMILES string of the molecule is Nc1ccccc1CN(C(=O)c1cccc(Br)c1)C1CC1. The second kappa shape index (κ2) is 5.90. The normalized spacial score (nSPS) is 14.0. The quantitative estimate of drug-likeness (QED) is 0.856. The van der Waals surface area contributed by atoms with E-state index in [1.54, 1.807) is 0 Å². The van der Waals surface area contributed by atoms with Gasteiger partial charge in [0, 0.05) is 28.3 Å². The molecule has 0 bridgehead atoms. The molecule has 1 saturated carbocycles. The summed E-state index contributed by atoms with van der Waals surface area (Å²) < 4.78 is 0.920. The first-order valence-corrected chi connectivity index (χ1v) is 7.84. The minimum Gasteiger partial charge on any atom is -0.398 e. The number of para-hydroxylation sites is 1.